The summed E-state index contributed by atoms with van der Waals surface area (Å²) in [5.41, 5.74) is 0. The molecule has 1 saturated heterocycles. The average Bonchev–Trinajstić information content (AvgIpc) is 2.49. The molecule has 11 heteroatoms. The molecule has 0 unspecified atom stereocenters. The molecule has 1 aromatic carbocycles. The van der Waals surface area contributed by atoms with Crippen molar-refractivity contribution in [1.29, 1.82) is 0 Å². The minimum atomic E-state index is -4.22. The van der Waals surface area contributed by atoms with Crippen LogP contribution in [0.5, 0.6) is 0 Å². The number of hydrogen-bond acceptors (Lipinski definition) is 4. The third-order valence-corrected chi connectivity index (χ3v) is 7.35. The predicted octanol–water partition coefficient (Wildman–Crippen LogP) is 0.0775. The molecule has 7 nitrogen and oxygen atoms in total. The first kappa shape index (κ1) is 18.2. The molecule has 0 N–H and O–H groups in total. The van der Waals surface area contributed by atoms with Crippen molar-refractivity contribution in [2.24, 2.45) is 0 Å². The van der Waals surface area contributed by atoms with E-state index in [1.807, 2.05) is 0 Å². The topological polar surface area (TPSA) is 78.0 Å². The van der Waals surface area contributed by atoms with E-state index < -0.39 is 36.8 Å². The fourth-order valence-electron chi connectivity index (χ4n) is 2.19. The molecule has 1 aliphatic heterocycles. The highest BCUT2D eigenvalue weighted by molar-refractivity contribution is 7.89. The third-order valence-electron chi connectivity index (χ3n) is 3.50. The normalized spacial score (nSPS) is 18.5. The summed E-state index contributed by atoms with van der Waals surface area (Å²) in [5.74, 6) is -1.91. The van der Waals surface area contributed by atoms with Crippen molar-refractivity contribution in [1.82, 2.24) is 12.9 Å². The van der Waals surface area contributed by atoms with E-state index in [0.29, 0.717) is 6.07 Å². The molecule has 0 radical (unpaired) electrons. The van der Waals surface area contributed by atoms with Crippen molar-refractivity contribution >= 4 is 20.2 Å². The van der Waals surface area contributed by atoms with Gasteiger partial charge in [-0.05, 0) is 18.2 Å². The molecule has 1 aromatic rings. The summed E-state index contributed by atoms with van der Waals surface area (Å²) in [6.07, 6.45) is 0. The van der Waals surface area contributed by atoms with E-state index in [-0.39, 0.29) is 26.2 Å². The van der Waals surface area contributed by atoms with Crippen LogP contribution < -0.4 is 0 Å². The predicted molar refractivity (Wildman–Crippen MR) is 79.3 cm³/mol. The van der Waals surface area contributed by atoms with Gasteiger partial charge in [0.25, 0.3) is 10.2 Å². The summed E-state index contributed by atoms with van der Waals surface area (Å²) in [5, 5.41) is 0. The summed E-state index contributed by atoms with van der Waals surface area (Å²) in [6.45, 7) is -0.385. The highest BCUT2D eigenvalue weighted by atomic mass is 32.2. The van der Waals surface area contributed by atoms with Crippen LogP contribution in [0.3, 0.4) is 0 Å². The molecular weight excluding hydrogens is 352 g/mol. The standard InChI is InChI=1S/C12H17F2N3O4S2/c1-15(2)23(20,21)17-7-5-16(6-8-17)22(18,19)12-9-10(13)3-4-11(12)14/h3-4,9H,5-8H2,1-2H3. The smallest absolute Gasteiger partial charge is 0.207 e. The summed E-state index contributed by atoms with van der Waals surface area (Å²) in [6, 6.07) is 2.19. The van der Waals surface area contributed by atoms with Gasteiger partial charge < -0.3 is 0 Å². The molecule has 1 fully saturated rings. The van der Waals surface area contributed by atoms with E-state index >= 15 is 0 Å². The molecule has 23 heavy (non-hydrogen) atoms. The zero-order valence-electron chi connectivity index (χ0n) is 12.6. The Balaban J connectivity index is 2.21. The lowest BCUT2D eigenvalue weighted by Crippen LogP contribution is -2.53. The number of halogens is 2. The van der Waals surface area contributed by atoms with Gasteiger partial charge >= 0.3 is 0 Å². The van der Waals surface area contributed by atoms with Crippen LogP contribution in [-0.2, 0) is 20.2 Å². The Hall–Kier alpha value is -1.14. The van der Waals surface area contributed by atoms with Crippen molar-refractivity contribution in [2.75, 3.05) is 40.3 Å². The highest BCUT2D eigenvalue weighted by Crippen LogP contribution is 2.22. The van der Waals surface area contributed by atoms with Gasteiger partial charge in [-0.25, -0.2) is 17.2 Å². The number of nitrogens with zero attached hydrogens (tertiary/aromatic N) is 3. The second-order valence-electron chi connectivity index (χ2n) is 5.17. The molecule has 0 saturated carbocycles. The zero-order chi connectivity index (χ0) is 17.4. The Morgan fingerprint density at radius 2 is 1.48 bits per heavy atom. The first-order valence-corrected chi connectivity index (χ1v) is 9.53. The van der Waals surface area contributed by atoms with Crippen LogP contribution in [0.15, 0.2) is 23.1 Å². The Kier molecular flexibility index (Phi) is 5.06. The van der Waals surface area contributed by atoms with Crippen LogP contribution >= 0.6 is 0 Å². The summed E-state index contributed by atoms with van der Waals surface area (Å²) in [7, 11) is -5.11. The van der Waals surface area contributed by atoms with Crippen LogP contribution in [0.1, 0.15) is 0 Å². The van der Waals surface area contributed by atoms with Crippen molar-refractivity contribution in [3.8, 4) is 0 Å². The molecular formula is C12H17F2N3O4S2. The maximum Gasteiger partial charge on any atom is 0.281 e. The van der Waals surface area contributed by atoms with E-state index in [0.717, 1.165) is 25.0 Å². The van der Waals surface area contributed by atoms with E-state index in [2.05, 4.69) is 0 Å². The number of sulfonamides is 1. The first-order valence-electron chi connectivity index (χ1n) is 6.69. The first-order chi connectivity index (χ1) is 10.6. The minimum absolute atomic E-state index is 0.0589. The van der Waals surface area contributed by atoms with Crippen LogP contribution in [-0.4, -0.2) is 70.0 Å². The van der Waals surface area contributed by atoms with Crippen molar-refractivity contribution in [3.05, 3.63) is 29.8 Å². The average molecular weight is 369 g/mol. The lowest BCUT2D eigenvalue weighted by Gasteiger charge is -2.34. The zero-order valence-corrected chi connectivity index (χ0v) is 14.2. The van der Waals surface area contributed by atoms with Gasteiger partial charge in [0.2, 0.25) is 10.0 Å². The Morgan fingerprint density at radius 3 is 2.00 bits per heavy atom. The lowest BCUT2D eigenvalue weighted by molar-refractivity contribution is 0.262. The van der Waals surface area contributed by atoms with E-state index in [1.54, 1.807) is 0 Å². The lowest BCUT2D eigenvalue weighted by atomic mass is 10.3. The molecule has 0 atom stereocenters. The molecule has 1 heterocycles. The molecule has 1 aliphatic rings. The number of hydrogen-bond donors (Lipinski definition) is 0. The van der Waals surface area contributed by atoms with Gasteiger partial charge in [-0.2, -0.15) is 21.3 Å². The minimum Gasteiger partial charge on any atom is -0.207 e. The monoisotopic (exact) mass is 369 g/mol. The maximum absolute atomic E-state index is 13.7. The number of piperazine rings is 1. The second-order valence-corrected chi connectivity index (χ2v) is 9.22. The molecule has 0 aliphatic carbocycles. The molecule has 0 bridgehead atoms. The van der Waals surface area contributed by atoms with Gasteiger partial charge in [0.1, 0.15) is 16.5 Å². The van der Waals surface area contributed by atoms with Crippen molar-refractivity contribution < 1.29 is 25.6 Å². The fourth-order valence-corrected chi connectivity index (χ4v) is 4.77. The van der Waals surface area contributed by atoms with Crippen LogP contribution in [0.2, 0.25) is 0 Å². The fraction of sp³-hybridized carbons (Fsp3) is 0.500. The third kappa shape index (κ3) is 3.53. The van der Waals surface area contributed by atoms with Crippen LogP contribution in [0.25, 0.3) is 0 Å². The number of benzene rings is 1. The Morgan fingerprint density at radius 1 is 0.957 bits per heavy atom. The van der Waals surface area contributed by atoms with E-state index in [4.69, 9.17) is 0 Å². The summed E-state index contributed by atoms with van der Waals surface area (Å²) >= 11 is 0. The Labute approximate surface area is 134 Å². The molecule has 2 rings (SSSR count). The second kappa shape index (κ2) is 6.40. The van der Waals surface area contributed by atoms with Gasteiger partial charge in [0.15, 0.2) is 0 Å². The van der Waals surface area contributed by atoms with Gasteiger partial charge in [-0.15, -0.1) is 0 Å². The van der Waals surface area contributed by atoms with Gasteiger partial charge in [0.05, 0.1) is 0 Å². The van der Waals surface area contributed by atoms with Crippen LogP contribution in [0, 0.1) is 11.6 Å². The molecule has 130 valence electrons. The molecule has 0 amide bonds. The molecule has 0 aromatic heterocycles. The quantitative estimate of drug-likeness (QED) is 0.753. The van der Waals surface area contributed by atoms with E-state index in [1.165, 1.54) is 14.1 Å². The van der Waals surface area contributed by atoms with E-state index in [9.17, 15) is 25.6 Å². The van der Waals surface area contributed by atoms with Crippen molar-refractivity contribution in [2.45, 2.75) is 4.90 Å². The molecule has 0 spiro atoms. The Bertz CT molecular complexity index is 789. The summed E-state index contributed by atoms with van der Waals surface area (Å²) < 4.78 is 78.8. The number of rotatable bonds is 4. The largest absolute Gasteiger partial charge is 0.281 e. The van der Waals surface area contributed by atoms with Gasteiger partial charge in [-0.3, -0.25) is 0 Å². The maximum atomic E-state index is 13.7. The van der Waals surface area contributed by atoms with Gasteiger partial charge in [0, 0.05) is 40.3 Å². The van der Waals surface area contributed by atoms with Crippen LogP contribution in [0.4, 0.5) is 8.78 Å². The SMILES string of the molecule is CN(C)S(=O)(=O)N1CCN(S(=O)(=O)c2cc(F)ccc2F)CC1. The van der Waals surface area contributed by atoms with Crippen molar-refractivity contribution in [3.63, 3.8) is 0 Å². The highest BCUT2D eigenvalue weighted by Gasteiger charge is 2.35. The summed E-state index contributed by atoms with van der Waals surface area (Å²) in [4.78, 5) is -0.749. The van der Waals surface area contributed by atoms with Gasteiger partial charge in [-0.1, -0.05) is 0 Å².